The van der Waals surface area contributed by atoms with Gasteiger partial charge in [-0.25, -0.2) is 14.4 Å². The first-order chi connectivity index (χ1) is 15.5. The number of hydrogen-bond acceptors (Lipinski definition) is 6. The maximum Gasteiger partial charge on any atom is 0.269 e. The molecule has 2 saturated heterocycles. The van der Waals surface area contributed by atoms with Crippen molar-refractivity contribution in [1.29, 1.82) is 0 Å². The highest BCUT2D eigenvalue weighted by Crippen LogP contribution is 2.47. The molecular weight excluding hydrogens is 417 g/mol. The van der Waals surface area contributed by atoms with Crippen molar-refractivity contribution in [2.45, 2.75) is 12.1 Å². The van der Waals surface area contributed by atoms with Gasteiger partial charge in [-0.3, -0.25) is 24.5 Å². The third kappa shape index (κ3) is 3.10. The molecule has 3 aromatic carbocycles. The molecule has 32 heavy (non-hydrogen) atoms. The van der Waals surface area contributed by atoms with Crippen LogP contribution in [-0.4, -0.2) is 22.8 Å². The summed E-state index contributed by atoms with van der Waals surface area (Å²) in [7, 11) is 0. The number of fused-ring (bicyclic) bond motifs is 1. The highest BCUT2D eigenvalue weighted by atomic mass is 19.1. The Hall–Kier alpha value is -4.11. The summed E-state index contributed by atoms with van der Waals surface area (Å²) in [6, 6.07) is 19.3. The van der Waals surface area contributed by atoms with E-state index in [-0.39, 0.29) is 11.4 Å². The van der Waals surface area contributed by atoms with Crippen LogP contribution in [0, 0.1) is 21.8 Å². The van der Waals surface area contributed by atoms with Crippen molar-refractivity contribution in [3.63, 3.8) is 0 Å². The fraction of sp³-hybridized carbons (Fsp3) is 0.130. The number of nitro benzene ring substituents is 1. The number of amides is 2. The number of rotatable bonds is 4. The van der Waals surface area contributed by atoms with Crippen molar-refractivity contribution in [3.8, 4) is 0 Å². The lowest BCUT2D eigenvalue weighted by molar-refractivity contribution is -0.384. The van der Waals surface area contributed by atoms with Crippen molar-refractivity contribution < 1.29 is 23.7 Å². The highest BCUT2D eigenvalue weighted by Gasteiger charge is 2.60. The molecule has 2 amide bonds. The number of hydrogen-bond donors (Lipinski definition) is 0. The minimum atomic E-state index is -1.08. The molecule has 160 valence electrons. The first-order valence-corrected chi connectivity index (χ1v) is 9.84. The average molecular weight is 433 g/mol. The molecule has 0 bridgehead atoms. The van der Waals surface area contributed by atoms with Crippen LogP contribution in [0.2, 0.25) is 0 Å². The van der Waals surface area contributed by atoms with E-state index in [0.717, 1.165) is 4.90 Å². The van der Waals surface area contributed by atoms with Gasteiger partial charge in [0, 0.05) is 12.1 Å². The van der Waals surface area contributed by atoms with Gasteiger partial charge in [-0.15, -0.1) is 0 Å². The first-order valence-electron chi connectivity index (χ1n) is 9.84. The lowest BCUT2D eigenvalue weighted by atomic mass is 9.90. The number of carbonyl (C=O) groups is 2. The van der Waals surface area contributed by atoms with Crippen LogP contribution in [0.5, 0.6) is 0 Å². The molecule has 8 nitrogen and oxygen atoms in total. The predicted octanol–water partition coefficient (Wildman–Crippen LogP) is 3.79. The monoisotopic (exact) mass is 433 g/mol. The van der Waals surface area contributed by atoms with Crippen LogP contribution >= 0.6 is 0 Å². The Morgan fingerprint density at radius 1 is 0.844 bits per heavy atom. The molecule has 0 aromatic heterocycles. The average Bonchev–Trinajstić information content (AvgIpc) is 3.31. The third-order valence-electron chi connectivity index (χ3n) is 5.66. The molecule has 0 aliphatic carbocycles. The molecule has 0 radical (unpaired) electrons. The van der Waals surface area contributed by atoms with Crippen molar-refractivity contribution in [2.24, 2.45) is 5.92 Å². The van der Waals surface area contributed by atoms with Crippen LogP contribution in [-0.2, 0) is 14.4 Å². The molecule has 2 heterocycles. The molecule has 2 fully saturated rings. The van der Waals surface area contributed by atoms with Crippen LogP contribution in [0.4, 0.5) is 21.5 Å². The van der Waals surface area contributed by atoms with E-state index in [1.165, 1.54) is 41.5 Å². The number of hydroxylamine groups is 1. The zero-order chi connectivity index (χ0) is 22.4. The summed E-state index contributed by atoms with van der Waals surface area (Å²) in [5.74, 6) is -2.33. The Morgan fingerprint density at radius 2 is 1.50 bits per heavy atom. The molecule has 3 atom stereocenters. The lowest BCUT2D eigenvalue weighted by Gasteiger charge is -2.28. The SMILES string of the molecule is O=C1[C@@H]2[C@H](ON(c3ccccc3)[C@H]2c2ccc(F)cc2)C(=O)N1c1ccc([N+](=O)[O-])cc1. The van der Waals surface area contributed by atoms with Crippen molar-refractivity contribution in [1.82, 2.24) is 0 Å². The summed E-state index contributed by atoms with van der Waals surface area (Å²) in [4.78, 5) is 44.0. The summed E-state index contributed by atoms with van der Waals surface area (Å²) < 4.78 is 13.6. The Bertz CT molecular complexity index is 1200. The van der Waals surface area contributed by atoms with Gasteiger partial charge in [0.25, 0.3) is 11.6 Å². The summed E-state index contributed by atoms with van der Waals surface area (Å²) in [6.45, 7) is 0. The highest BCUT2D eigenvalue weighted by molar-refractivity contribution is 6.23. The van der Waals surface area contributed by atoms with Crippen molar-refractivity contribution in [3.05, 3.63) is 100 Å². The Morgan fingerprint density at radius 3 is 2.12 bits per heavy atom. The molecule has 2 aliphatic rings. The van der Waals surface area contributed by atoms with Crippen molar-refractivity contribution >= 4 is 28.9 Å². The van der Waals surface area contributed by atoms with Gasteiger partial charge in [0.05, 0.1) is 22.3 Å². The normalized spacial score (nSPS) is 22.3. The second-order valence-corrected chi connectivity index (χ2v) is 7.49. The minimum Gasteiger partial charge on any atom is -0.273 e. The van der Waals surface area contributed by atoms with Crippen LogP contribution in [0.1, 0.15) is 11.6 Å². The van der Waals surface area contributed by atoms with E-state index in [2.05, 4.69) is 0 Å². The quantitative estimate of drug-likeness (QED) is 0.353. The Labute approximate surface area is 181 Å². The summed E-state index contributed by atoms with van der Waals surface area (Å²) in [5.41, 5.74) is 1.35. The van der Waals surface area contributed by atoms with E-state index >= 15 is 0 Å². The molecule has 0 N–H and O–H groups in total. The molecule has 3 aromatic rings. The second-order valence-electron chi connectivity index (χ2n) is 7.49. The smallest absolute Gasteiger partial charge is 0.269 e. The molecule has 0 saturated carbocycles. The van der Waals surface area contributed by atoms with Gasteiger partial charge < -0.3 is 0 Å². The number of anilines is 2. The number of non-ortho nitro benzene ring substituents is 1. The van der Waals surface area contributed by atoms with Gasteiger partial charge in [0.15, 0.2) is 6.10 Å². The summed E-state index contributed by atoms with van der Waals surface area (Å²) in [5, 5.41) is 12.4. The number of nitrogens with zero attached hydrogens (tertiary/aromatic N) is 3. The molecule has 0 unspecified atom stereocenters. The van der Waals surface area contributed by atoms with Crippen LogP contribution in [0.15, 0.2) is 78.9 Å². The Balaban J connectivity index is 1.55. The predicted molar refractivity (Wildman–Crippen MR) is 112 cm³/mol. The molecule has 2 aliphatic heterocycles. The van der Waals surface area contributed by atoms with Gasteiger partial charge in [0.1, 0.15) is 11.7 Å². The third-order valence-corrected chi connectivity index (χ3v) is 5.66. The lowest BCUT2D eigenvalue weighted by Crippen LogP contribution is -2.37. The maximum atomic E-state index is 13.6. The minimum absolute atomic E-state index is 0.149. The molecule has 5 rings (SSSR count). The largest absolute Gasteiger partial charge is 0.273 e. The number of carbonyl (C=O) groups excluding carboxylic acids is 2. The van der Waals surface area contributed by atoms with Crippen LogP contribution in [0.25, 0.3) is 0 Å². The first kappa shape index (κ1) is 19.8. The summed E-state index contributed by atoms with van der Waals surface area (Å²) >= 11 is 0. The number of nitro groups is 1. The second kappa shape index (κ2) is 7.54. The van der Waals surface area contributed by atoms with E-state index in [4.69, 9.17) is 4.84 Å². The van der Waals surface area contributed by atoms with Gasteiger partial charge in [-0.1, -0.05) is 30.3 Å². The van der Waals surface area contributed by atoms with Gasteiger partial charge in [-0.05, 0) is 42.0 Å². The fourth-order valence-corrected chi connectivity index (χ4v) is 4.19. The van der Waals surface area contributed by atoms with E-state index in [0.29, 0.717) is 11.3 Å². The Kier molecular flexibility index (Phi) is 4.67. The van der Waals surface area contributed by atoms with Gasteiger partial charge in [-0.2, -0.15) is 0 Å². The zero-order valence-electron chi connectivity index (χ0n) is 16.5. The number of halogens is 1. The van der Waals surface area contributed by atoms with Gasteiger partial charge >= 0.3 is 0 Å². The molecule has 9 heteroatoms. The molecular formula is C23H16FN3O5. The topological polar surface area (TPSA) is 93.0 Å². The summed E-state index contributed by atoms with van der Waals surface area (Å²) in [6.07, 6.45) is -1.08. The fourth-order valence-electron chi connectivity index (χ4n) is 4.19. The van der Waals surface area contributed by atoms with E-state index in [9.17, 15) is 24.1 Å². The zero-order valence-corrected chi connectivity index (χ0v) is 16.5. The van der Waals surface area contributed by atoms with Crippen molar-refractivity contribution in [2.75, 3.05) is 9.96 Å². The van der Waals surface area contributed by atoms with E-state index in [1.807, 2.05) is 6.07 Å². The molecule has 0 spiro atoms. The maximum absolute atomic E-state index is 13.6. The van der Waals surface area contributed by atoms with Crippen LogP contribution in [0.3, 0.4) is 0 Å². The standard InChI is InChI=1S/C23H16FN3O5/c24-15-8-6-14(7-9-15)20-19-21(32-26(20)17-4-2-1-3-5-17)23(29)25(22(19)28)16-10-12-18(13-11-16)27(30)31/h1-13,19-21H/t19-,20-,21-/m0/s1. The number of para-hydroxylation sites is 1. The van der Waals surface area contributed by atoms with Gasteiger partial charge in [0.2, 0.25) is 5.91 Å². The van der Waals surface area contributed by atoms with E-state index < -0.39 is 40.6 Å². The van der Waals surface area contributed by atoms with E-state index in [1.54, 1.807) is 36.4 Å². The number of benzene rings is 3. The van der Waals surface area contributed by atoms with Crippen LogP contribution < -0.4 is 9.96 Å². The number of imide groups is 1.